The van der Waals surface area contributed by atoms with Crippen LogP contribution in [0, 0.1) is 5.92 Å². The Balaban J connectivity index is 1.38. The van der Waals surface area contributed by atoms with Crippen molar-refractivity contribution in [2.45, 2.75) is 39.3 Å². The number of benzene rings is 2. The molecule has 1 atom stereocenters. The number of urea groups is 1. The molecule has 0 spiro atoms. The average Bonchev–Trinajstić information content (AvgIpc) is 3.42. The number of hydrogen-bond acceptors (Lipinski definition) is 5. The Bertz CT molecular complexity index is 1210. The number of amides is 3. The molecule has 0 radical (unpaired) electrons. The largest absolute Gasteiger partial charge is 0.493 e. The second-order valence-electron chi connectivity index (χ2n) is 9.07. The van der Waals surface area contributed by atoms with E-state index < -0.39 is 6.04 Å². The van der Waals surface area contributed by atoms with Gasteiger partial charge in [-0.25, -0.2) is 9.78 Å². The summed E-state index contributed by atoms with van der Waals surface area (Å²) in [5.41, 5.74) is 2.87. The van der Waals surface area contributed by atoms with Crippen molar-refractivity contribution in [3.63, 3.8) is 0 Å². The van der Waals surface area contributed by atoms with Crippen molar-refractivity contribution < 1.29 is 19.1 Å². The van der Waals surface area contributed by atoms with Crippen LogP contribution in [0.3, 0.4) is 0 Å². The first-order valence-corrected chi connectivity index (χ1v) is 11.9. The molecule has 2 heterocycles. The highest BCUT2D eigenvalue weighted by Crippen LogP contribution is 2.28. The Morgan fingerprint density at radius 1 is 1.06 bits per heavy atom. The number of para-hydroxylation sites is 2. The molecule has 186 valence electrons. The molecule has 35 heavy (non-hydrogen) atoms. The molecule has 1 aliphatic heterocycles. The van der Waals surface area contributed by atoms with Crippen LogP contribution in [0.1, 0.15) is 25.8 Å². The van der Waals surface area contributed by atoms with Crippen LogP contribution in [0.5, 0.6) is 11.5 Å². The third-order valence-electron chi connectivity index (χ3n) is 6.15. The quantitative estimate of drug-likeness (QED) is 0.491. The standard InChI is InChI=1S/C26H33N5O4/c1-17(2)15-20(24(32)27-12-11-18-9-10-22(34-3)23(16-18)35-4)29-26(33)31-14-13-30-21-8-6-5-7-19(21)28-25(30)31/h5-10,16-17,20H,11-15H2,1-4H3,(H,27,32)(H,29,33). The number of rotatable bonds is 9. The molecule has 0 saturated carbocycles. The molecule has 0 bridgehead atoms. The SMILES string of the molecule is COc1ccc(CCNC(=O)C(CC(C)C)NC(=O)N2CCn3c2nc2ccccc23)cc1OC. The molecule has 2 aromatic carbocycles. The van der Waals surface area contributed by atoms with Crippen molar-refractivity contribution in [1.82, 2.24) is 20.2 Å². The molecule has 1 aliphatic rings. The van der Waals surface area contributed by atoms with Gasteiger partial charge < -0.3 is 24.7 Å². The first-order valence-electron chi connectivity index (χ1n) is 11.9. The number of methoxy groups -OCH3 is 2. The number of aromatic nitrogens is 2. The van der Waals surface area contributed by atoms with Crippen LogP contribution in [-0.2, 0) is 17.8 Å². The molecule has 4 rings (SSSR count). The number of fused-ring (bicyclic) bond motifs is 3. The fourth-order valence-corrected chi connectivity index (χ4v) is 4.40. The van der Waals surface area contributed by atoms with Crippen molar-refractivity contribution in [3.05, 3.63) is 48.0 Å². The lowest BCUT2D eigenvalue weighted by Crippen LogP contribution is -2.52. The highest BCUT2D eigenvalue weighted by atomic mass is 16.5. The minimum absolute atomic E-state index is 0.194. The number of carbonyl (C=O) groups is 2. The summed E-state index contributed by atoms with van der Waals surface area (Å²) in [6, 6.07) is 12.6. The van der Waals surface area contributed by atoms with Gasteiger partial charge in [-0.2, -0.15) is 0 Å². The molecule has 3 amide bonds. The van der Waals surface area contributed by atoms with Gasteiger partial charge in [-0.05, 0) is 48.6 Å². The minimum Gasteiger partial charge on any atom is -0.493 e. The van der Waals surface area contributed by atoms with Gasteiger partial charge in [-0.15, -0.1) is 0 Å². The van der Waals surface area contributed by atoms with Crippen LogP contribution in [0.15, 0.2) is 42.5 Å². The monoisotopic (exact) mass is 479 g/mol. The van der Waals surface area contributed by atoms with Gasteiger partial charge in [0.25, 0.3) is 0 Å². The Morgan fingerprint density at radius 3 is 2.57 bits per heavy atom. The van der Waals surface area contributed by atoms with Gasteiger partial charge >= 0.3 is 6.03 Å². The van der Waals surface area contributed by atoms with Crippen LogP contribution in [0.2, 0.25) is 0 Å². The molecule has 0 aliphatic carbocycles. The van der Waals surface area contributed by atoms with E-state index in [0.29, 0.717) is 49.9 Å². The van der Waals surface area contributed by atoms with Crippen LogP contribution >= 0.6 is 0 Å². The number of hydrogen-bond donors (Lipinski definition) is 2. The molecule has 1 aromatic heterocycles. The normalized spacial score (nSPS) is 13.6. The minimum atomic E-state index is -0.633. The number of ether oxygens (including phenoxy) is 2. The molecule has 3 aromatic rings. The maximum atomic E-state index is 13.2. The molecule has 2 N–H and O–H groups in total. The fraction of sp³-hybridized carbons (Fsp3) is 0.423. The summed E-state index contributed by atoms with van der Waals surface area (Å²) in [7, 11) is 3.19. The zero-order valence-corrected chi connectivity index (χ0v) is 20.7. The van der Waals surface area contributed by atoms with Crippen LogP contribution in [0.25, 0.3) is 11.0 Å². The summed E-state index contributed by atoms with van der Waals surface area (Å²) in [5.74, 6) is 1.97. The summed E-state index contributed by atoms with van der Waals surface area (Å²) in [6.45, 7) is 5.71. The lowest BCUT2D eigenvalue weighted by Gasteiger charge is -2.23. The number of anilines is 1. The first-order chi connectivity index (χ1) is 16.9. The van der Waals surface area contributed by atoms with Crippen molar-refractivity contribution in [2.75, 3.05) is 32.2 Å². The van der Waals surface area contributed by atoms with Crippen LogP contribution in [-0.4, -0.2) is 54.8 Å². The highest BCUT2D eigenvalue weighted by Gasteiger charge is 2.31. The van der Waals surface area contributed by atoms with Gasteiger partial charge in [0.2, 0.25) is 11.9 Å². The zero-order chi connectivity index (χ0) is 24.9. The maximum absolute atomic E-state index is 13.2. The van der Waals surface area contributed by atoms with E-state index in [1.165, 1.54) is 0 Å². The van der Waals surface area contributed by atoms with Gasteiger partial charge in [0, 0.05) is 19.6 Å². The van der Waals surface area contributed by atoms with E-state index >= 15 is 0 Å². The third kappa shape index (κ3) is 5.34. The maximum Gasteiger partial charge on any atom is 0.324 e. The summed E-state index contributed by atoms with van der Waals surface area (Å²) in [4.78, 5) is 32.4. The number of imidazole rings is 1. The predicted molar refractivity (Wildman–Crippen MR) is 135 cm³/mol. The highest BCUT2D eigenvalue weighted by molar-refractivity contribution is 5.96. The zero-order valence-electron chi connectivity index (χ0n) is 20.7. The van der Waals surface area contributed by atoms with Crippen molar-refractivity contribution in [2.24, 2.45) is 5.92 Å². The van der Waals surface area contributed by atoms with Gasteiger partial charge in [-0.3, -0.25) is 9.69 Å². The lowest BCUT2D eigenvalue weighted by molar-refractivity contribution is -0.123. The Labute approximate surface area is 205 Å². The van der Waals surface area contributed by atoms with Crippen molar-refractivity contribution >= 4 is 28.9 Å². The van der Waals surface area contributed by atoms with E-state index in [4.69, 9.17) is 9.47 Å². The Kier molecular flexibility index (Phi) is 7.43. The molecular weight excluding hydrogens is 446 g/mol. The topological polar surface area (TPSA) is 97.7 Å². The number of nitrogens with zero attached hydrogens (tertiary/aromatic N) is 3. The van der Waals surface area contributed by atoms with E-state index in [1.54, 1.807) is 19.1 Å². The predicted octanol–water partition coefficient (Wildman–Crippen LogP) is 3.36. The third-order valence-corrected chi connectivity index (χ3v) is 6.15. The van der Waals surface area contributed by atoms with Gasteiger partial charge in [0.1, 0.15) is 6.04 Å². The second-order valence-corrected chi connectivity index (χ2v) is 9.07. The first kappa shape index (κ1) is 24.4. The Morgan fingerprint density at radius 2 is 1.83 bits per heavy atom. The Hall–Kier alpha value is -3.75. The lowest BCUT2D eigenvalue weighted by atomic mass is 10.0. The fourth-order valence-electron chi connectivity index (χ4n) is 4.40. The van der Waals surface area contributed by atoms with E-state index in [9.17, 15) is 9.59 Å². The van der Waals surface area contributed by atoms with E-state index in [2.05, 4.69) is 15.6 Å². The molecule has 0 saturated heterocycles. The second kappa shape index (κ2) is 10.7. The molecule has 9 heteroatoms. The van der Waals surface area contributed by atoms with Crippen molar-refractivity contribution in [1.29, 1.82) is 0 Å². The molecular formula is C26H33N5O4. The number of carbonyl (C=O) groups excluding carboxylic acids is 2. The average molecular weight is 480 g/mol. The number of nitrogens with one attached hydrogen (secondary N) is 2. The van der Waals surface area contributed by atoms with E-state index in [1.807, 2.05) is 60.9 Å². The summed E-state index contributed by atoms with van der Waals surface area (Å²) in [6.07, 6.45) is 1.17. The van der Waals surface area contributed by atoms with Crippen molar-refractivity contribution in [3.8, 4) is 11.5 Å². The van der Waals surface area contributed by atoms with E-state index in [0.717, 1.165) is 16.6 Å². The van der Waals surface area contributed by atoms with Gasteiger partial charge in [-0.1, -0.05) is 32.0 Å². The molecule has 9 nitrogen and oxygen atoms in total. The summed E-state index contributed by atoms with van der Waals surface area (Å²) < 4.78 is 12.7. The summed E-state index contributed by atoms with van der Waals surface area (Å²) >= 11 is 0. The molecule has 0 fully saturated rings. The smallest absolute Gasteiger partial charge is 0.324 e. The van der Waals surface area contributed by atoms with Crippen LogP contribution < -0.4 is 25.0 Å². The van der Waals surface area contributed by atoms with Gasteiger partial charge in [0.05, 0.1) is 25.3 Å². The van der Waals surface area contributed by atoms with Crippen LogP contribution in [0.4, 0.5) is 10.7 Å². The molecule has 1 unspecified atom stereocenters. The summed E-state index contributed by atoms with van der Waals surface area (Å²) in [5, 5.41) is 5.92. The van der Waals surface area contributed by atoms with E-state index in [-0.39, 0.29) is 17.9 Å². The van der Waals surface area contributed by atoms with Gasteiger partial charge in [0.15, 0.2) is 11.5 Å².